The average Bonchev–Trinajstić information content (AvgIpc) is 0.819. The minimum absolute atomic E-state index is 0.0542. The van der Waals surface area contributed by atoms with Gasteiger partial charge in [-0.05, 0) is 104 Å². The lowest BCUT2D eigenvalue weighted by Gasteiger charge is -2.42. The molecule has 640 valence electrons. The van der Waals surface area contributed by atoms with E-state index in [-0.39, 0.29) is 185 Å². The molecular formula is C72H128N10O29. The molecule has 0 aromatic carbocycles. The monoisotopic (exact) mass is 1600 g/mol. The van der Waals surface area contributed by atoms with Crippen molar-refractivity contribution in [3.63, 3.8) is 0 Å². The van der Waals surface area contributed by atoms with Gasteiger partial charge in [-0.15, -0.1) is 0 Å². The molecule has 4 rings (SSSR count). The topological polar surface area (TPSA) is 565 Å². The highest BCUT2D eigenvalue weighted by Crippen LogP contribution is 2.31. The fourth-order valence-electron chi connectivity index (χ4n) is 12.6. The van der Waals surface area contributed by atoms with Crippen LogP contribution in [0.4, 0.5) is 0 Å². The molecule has 39 heteroatoms. The Morgan fingerprint density at radius 1 is 0.369 bits per heavy atom. The van der Waals surface area contributed by atoms with Crippen molar-refractivity contribution in [2.45, 2.75) is 273 Å². The van der Waals surface area contributed by atoms with Crippen molar-refractivity contribution in [1.82, 2.24) is 53.2 Å². The fraction of sp³-hybridized carbons (Fsp3) is 0.861. The molecule has 0 spiro atoms. The third-order valence-corrected chi connectivity index (χ3v) is 18.5. The molecule has 0 radical (unpaired) electrons. The van der Waals surface area contributed by atoms with Crippen LogP contribution in [0.3, 0.4) is 0 Å². The number of ether oxygens (including phenoxy) is 10. The maximum Gasteiger partial charge on any atom is 0.223 e. The van der Waals surface area contributed by atoms with Gasteiger partial charge in [0.05, 0.1) is 71.2 Å². The van der Waals surface area contributed by atoms with Gasteiger partial charge in [-0.25, -0.2) is 0 Å². The molecule has 4 aliphatic rings. The Morgan fingerprint density at radius 3 is 0.910 bits per heavy atom. The van der Waals surface area contributed by atoms with Crippen molar-refractivity contribution in [3.05, 3.63) is 0 Å². The van der Waals surface area contributed by atoms with Gasteiger partial charge in [-0.3, -0.25) is 47.9 Å². The fourth-order valence-corrected chi connectivity index (χ4v) is 12.6. The van der Waals surface area contributed by atoms with Crippen molar-refractivity contribution in [2.24, 2.45) is 5.92 Å². The lowest BCUT2D eigenvalue weighted by Crippen LogP contribution is -2.64. The molecule has 15 atom stereocenters. The second-order valence-corrected chi connectivity index (χ2v) is 29.3. The Labute approximate surface area is 648 Å². The van der Waals surface area contributed by atoms with Crippen molar-refractivity contribution in [2.75, 3.05) is 119 Å². The summed E-state index contributed by atoms with van der Waals surface area (Å²) >= 11 is 0. The maximum atomic E-state index is 14.4. The first-order valence-electron chi connectivity index (χ1n) is 38.8. The van der Waals surface area contributed by atoms with Crippen molar-refractivity contribution < 1.29 is 141 Å². The van der Waals surface area contributed by atoms with Gasteiger partial charge in [-0.1, -0.05) is 0 Å². The van der Waals surface area contributed by atoms with Gasteiger partial charge in [0.2, 0.25) is 59.1 Å². The molecule has 4 fully saturated rings. The Balaban J connectivity index is 1.27. The molecule has 0 aromatic rings. The quantitative estimate of drug-likeness (QED) is 0.0253. The van der Waals surface area contributed by atoms with Crippen LogP contribution in [-0.2, 0) is 95.3 Å². The number of nitrogens with one attached hydrogen (secondary N) is 10. The highest BCUT2D eigenvalue weighted by molar-refractivity contribution is 5.80. The Morgan fingerprint density at radius 2 is 0.649 bits per heavy atom. The predicted molar refractivity (Wildman–Crippen MR) is 391 cm³/mol. The summed E-state index contributed by atoms with van der Waals surface area (Å²) in [4.78, 5) is 127. The largest absolute Gasteiger partial charge is 0.394 e. The van der Waals surface area contributed by atoms with Gasteiger partial charge in [0.1, 0.15) is 78.6 Å². The summed E-state index contributed by atoms with van der Waals surface area (Å²) in [5.41, 5.74) is -1.81. The molecule has 1 saturated carbocycles. The molecule has 19 N–H and O–H groups in total. The van der Waals surface area contributed by atoms with Crippen molar-refractivity contribution in [1.29, 1.82) is 0 Å². The van der Waals surface area contributed by atoms with Crippen LogP contribution in [0.15, 0.2) is 0 Å². The number of rotatable bonds is 54. The van der Waals surface area contributed by atoms with Gasteiger partial charge in [0, 0.05) is 124 Å². The van der Waals surface area contributed by atoms with Crippen LogP contribution in [0.2, 0.25) is 0 Å². The molecule has 111 heavy (non-hydrogen) atoms. The van der Waals surface area contributed by atoms with E-state index >= 15 is 0 Å². The van der Waals surface area contributed by atoms with Gasteiger partial charge >= 0.3 is 0 Å². The number of carbonyl (C=O) groups is 10. The molecule has 3 heterocycles. The van der Waals surface area contributed by atoms with Gasteiger partial charge < -0.3 is 146 Å². The second kappa shape index (κ2) is 53.2. The maximum absolute atomic E-state index is 14.4. The zero-order valence-corrected chi connectivity index (χ0v) is 65.2. The van der Waals surface area contributed by atoms with Crippen LogP contribution in [0, 0.1) is 5.92 Å². The number of unbranched alkanes of at least 4 members (excludes halogenated alkanes) is 3. The average molecular weight is 1600 g/mol. The van der Waals surface area contributed by atoms with Gasteiger partial charge in [0.15, 0.2) is 18.9 Å². The van der Waals surface area contributed by atoms with E-state index < -0.39 is 147 Å². The summed E-state index contributed by atoms with van der Waals surface area (Å²) < 4.78 is 58.5. The lowest BCUT2D eigenvalue weighted by atomic mass is 9.85. The van der Waals surface area contributed by atoms with Crippen LogP contribution in [0.5, 0.6) is 0 Å². The predicted octanol–water partition coefficient (Wildman–Crippen LogP) is -5.31. The molecule has 1 aliphatic carbocycles. The molecule has 3 saturated heterocycles. The van der Waals surface area contributed by atoms with Crippen LogP contribution in [0.25, 0.3) is 0 Å². The van der Waals surface area contributed by atoms with E-state index in [0.29, 0.717) is 83.5 Å². The molecule has 39 nitrogen and oxygen atoms in total. The van der Waals surface area contributed by atoms with E-state index in [1.165, 1.54) is 20.8 Å². The van der Waals surface area contributed by atoms with Gasteiger partial charge in [-0.2, -0.15) is 0 Å². The summed E-state index contributed by atoms with van der Waals surface area (Å²) in [7, 11) is 0. The standard InChI is InChI=1S/C72H128N10O29/c1-44(86)79-58-64(98)61(95)49(38-83)108-68(58)105-32-10-7-16-52(89)73-26-13-29-76-55(92)23-35-102-41-72(82-67(101)47-19-21-48(22-20-47)111-71(4,5)6,42-103-36-24-56(93)77-30-14-27-74-53(90)17-8-11-33-106-69-59(80-45(2)87)65(99)62(96)50(39-84)109-69)43-104-37-25-57(94)78-31-15-28-75-54(91)18-9-12-34-107-70-60(81-46(3)88)66(100)63(97)51(40-85)110-70/h47-51,58-66,68-70,83-85,95-100H,7-43H2,1-6H3,(H,73,89)(H,74,90)(H,75,91)(H,76,92)(H,77,93)(H,78,94)(H,79,86)(H,80,87)(H,81,88)(H,82,101). The third-order valence-electron chi connectivity index (χ3n) is 18.5. The normalized spacial score (nSPS) is 26.6. The van der Waals surface area contributed by atoms with E-state index in [1.54, 1.807) is 0 Å². The highest BCUT2D eigenvalue weighted by Gasteiger charge is 2.48. The van der Waals surface area contributed by atoms with E-state index in [1.807, 2.05) is 20.8 Å². The summed E-state index contributed by atoms with van der Waals surface area (Å²) in [6, 6.07) is -3.27. The smallest absolute Gasteiger partial charge is 0.223 e. The minimum Gasteiger partial charge on any atom is -0.394 e. The molecule has 0 aromatic heterocycles. The van der Waals surface area contributed by atoms with Crippen molar-refractivity contribution >= 4 is 59.1 Å². The SMILES string of the molecule is CC(=O)NC1C(OCCCCC(=O)NCCCNC(=O)CCOCC(COCCC(=O)NCCCNC(=O)CCCCOC2OC(CO)C(O)C(O)C2NC(C)=O)(COCCC(=O)NCCCNC(=O)CCCCOC2OC(CO)C(O)C(O)C2NC(C)=O)NC(=O)C2CCC(OC(C)(C)C)CC2)OC(CO)C(O)C1O. The van der Waals surface area contributed by atoms with Crippen molar-refractivity contribution in [3.8, 4) is 0 Å². The lowest BCUT2D eigenvalue weighted by molar-refractivity contribution is -0.270. The van der Waals surface area contributed by atoms with Crippen LogP contribution in [-0.4, -0.2) is 333 Å². The van der Waals surface area contributed by atoms with Crippen LogP contribution in [0.1, 0.15) is 164 Å². The zero-order chi connectivity index (χ0) is 81.9. The Bertz CT molecular complexity index is 2530. The summed E-state index contributed by atoms with van der Waals surface area (Å²) in [6.07, 6.45) is -9.62. The number of hydrogen-bond donors (Lipinski definition) is 19. The van der Waals surface area contributed by atoms with E-state index in [9.17, 15) is 93.9 Å². The minimum atomic E-state index is -1.46. The first-order chi connectivity index (χ1) is 52.9. The first-order valence-corrected chi connectivity index (χ1v) is 38.8. The third kappa shape index (κ3) is 38.3. The van der Waals surface area contributed by atoms with Crippen LogP contribution < -0.4 is 53.2 Å². The van der Waals surface area contributed by atoms with E-state index in [4.69, 9.17) is 47.4 Å². The van der Waals surface area contributed by atoms with Gasteiger partial charge in [0.25, 0.3) is 0 Å². The highest BCUT2D eigenvalue weighted by atomic mass is 16.7. The number of amides is 10. The summed E-state index contributed by atoms with van der Waals surface area (Å²) in [5.74, 6) is -4.04. The summed E-state index contributed by atoms with van der Waals surface area (Å²) in [6.45, 7) is 8.42. The number of aliphatic hydroxyl groups is 9. The Kier molecular flexibility index (Phi) is 46.6. The molecule has 3 aliphatic heterocycles. The Hall–Kier alpha value is -6.06. The molecule has 10 amide bonds. The zero-order valence-electron chi connectivity index (χ0n) is 65.2. The van der Waals surface area contributed by atoms with E-state index in [0.717, 1.165) is 0 Å². The van der Waals surface area contributed by atoms with E-state index in [2.05, 4.69) is 53.2 Å². The summed E-state index contributed by atoms with van der Waals surface area (Å²) in [5, 5.41) is 118. The number of carbonyl (C=O) groups excluding carboxylic acids is 10. The number of aliphatic hydroxyl groups excluding tert-OH is 9. The first kappa shape index (κ1) is 97.3. The number of hydrogen-bond acceptors (Lipinski definition) is 29. The molecule has 15 unspecified atom stereocenters. The second-order valence-electron chi connectivity index (χ2n) is 29.3. The molecule has 0 bridgehead atoms. The van der Waals surface area contributed by atoms with Crippen LogP contribution >= 0.6 is 0 Å². The molecular weight excluding hydrogens is 1470 g/mol.